The summed E-state index contributed by atoms with van der Waals surface area (Å²) in [5.41, 5.74) is 0. The Morgan fingerprint density at radius 2 is 1.29 bits per heavy atom. The zero-order chi connectivity index (χ0) is 21.0. The van der Waals surface area contributed by atoms with Gasteiger partial charge < -0.3 is 0 Å². The summed E-state index contributed by atoms with van der Waals surface area (Å²) in [5.74, 6) is -1.49. The van der Waals surface area contributed by atoms with Gasteiger partial charge in [-0.1, -0.05) is 31.0 Å². The second-order valence-corrected chi connectivity index (χ2v) is 11.6. The molecule has 13 heteroatoms. The molecular formula is C15H24O9S4. The lowest BCUT2D eigenvalue weighted by Crippen LogP contribution is -2.15. The van der Waals surface area contributed by atoms with Gasteiger partial charge >= 0.3 is 0 Å². The van der Waals surface area contributed by atoms with Crippen molar-refractivity contribution in [3.63, 3.8) is 0 Å². The van der Waals surface area contributed by atoms with Gasteiger partial charge in [0.05, 0.1) is 29.4 Å². The minimum atomic E-state index is -3.81. The first-order valence-electron chi connectivity index (χ1n) is 8.26. The van der Waals surface area contributed by atoms with Crippen molar-refractivity contribution >= 4 is 42.1 Å². The molecule has 2 atom stereocenters. The molecule has 1 aromatic rings. The topological polar surface area (TPSA) is 130 Å². The predicted octanol–water partition coefficient (Wildman–Crippen LogP) is 1.27. The van der Waals surface area contributed by atoms with Crippen LogP contribution in [0.4, 0.5) is 0 Å². The maximum absolute atomic E-state index is 11.9. The van der Waals surface area contributed by atoms with Crippen LogP contribution in [0.3, 0.4) is 0 Å². The molecule has 162 valence electrons. The van der Waals surface area contributed by atoms with E-state index in [1.54, 1.807) is 30.3 Å². The van der Waals surface area contributed by atoms with Gasteiger partial charge in [-0.3, -0.25) is 16.8 Å². The average Bonchev–Trinajstić information content (AvgIpc) is 2.67. The molecule has 0 bridgehead atoms. The van der Waals surface area contributed by atoms with E-state index in [0.29, 0.717) is 17.7 Å². The van der Waals surface area contributed by atoms with Crippen LogP contribution in [0.1, 0.15) is 25.7 Å². The van der Waals surface area contributed by atoms with Gasteiger partial charge in [-0.2, -0.15) is 16.8 Å². The molecule has 28 heavy (non-hydrogen) atoms. The van der Waals surface area contributed by atoms with E-state index < -0.39 is 54.0 Å². The van der Waals surface area contributed by atoms with Crippen LogP contribution in [-0.4, -0.2) is 55.7 Å². The van der Waals surface area contributed by atoms with Crippen molar-refractivity contribution in [2.24, 2.45) is 0 Å². The van der Waals surface area contributed by atoms with Crippen LogP contribution in [0.2, 0.25) is 0 Å². The van der Waals surface area contributed by atoms with Crippen LogP contribution in [0.15, 0.2) is 35.2 Å². The Hall–Kier alpha value is -0.700. The van der Waals surface area contributed by atoms with Crippen LogP contribution in [0.25, 0.3) is 0 Å². The second kappa shape index (κ2) is 12.8. The highest BCUT2D eigenvalue weighted by Gasteiger charge is 2.15. The molecule has 0 aromatic heterocycles. The Balaban J connectivity index is 2.20. The summed E-state index contributed by atoms with van der Waals surface area (Å²) in [6, 6.07) is 8.40. The normalized spacial score (nSPS) is 14.6. The van der Waals surface area contributed by atoms with Crippen LogP contribution < -0.4 is 0 Å². The Bertz CT molecular complexity index is 836. The molecule has 0 aliphatic carbocycles. The largest absolute Gasteiger partial charge is 0.292 e. The number of rotatable bonds is 15. The van der Waals surface area contributed by atoms with Crippen molar-refractivity contribution in [2.75, 3.05) is 30.5 Å². The monoisotopic (exact) mass is 476 g/mol. The molecule has 0 aliphatic rings. The summed E-state index contributed by atoms with van der Waals surface area (Å²) in [6.07, 6.45) is 1.51. The van der Waals surface area contributed by atoms with Gasteiger partial charge in [-0.25, -0.2) is 4.21 Å². The van der Waals surface area contributed by atoms with Crippen molar-refractivity contribution in [1.82, 2.24) is 0 Å². The summed E-state index contributed by atoms with van der Waals surface area (Å²) >= 11 is -1.82. The molecule has 0 spiro atoms. The van der Waals surface area contributed by atoms with Gasteiger partial charge in [0.2, 0.25) is 0 Å². The first kappa shape index (κ1) is 25.3. The first-order chi connectivity index (χ1) is 13.2. The van der Waals surface area contributed by atoms with Gasteiger partial charge in [0.25, 0.3) is 20.2 Å². The van der Waals surface area contributed by atoms with Crippen molar-refractivity contribution in [2.45, 2.75) is 30.6 Å². The molecule has 0 amide bonds. The summed E-state index contributed by atoms with van der Waals surface area (Å²) in [6.45, 7) is 0. The molecule has 1 unspecified atom stereocenters. The standard InChI is InChI=1S/C15H24O9S4/c1-22-26(17)14-24-28(20,21)12-8-3-2-7-11-27(18,19)23-13-25(16)15-9-5-4-6-10-15/h4-6,9-10H,2-3,7-8,11-14H2,1H3/t25-,26?/m1/s1. The van der Waals surface area contributed by atoms with Gasteiger partial charge in [0.1, 0.15) is 5.94 Å². The van der Waals surface area contributed by atoms with Gasteiger partial charge in [0, 0.05) is 4.90 Å². The molecule has 0 saturated carbocycles. The fraction of sp³-hybridized carbons (Fsp3) is 0.600. The first-order valence-corrected chi connectivity index (χ1v) is 14.0. The highest BCUT2D eigenvalue weighted by atomic mass is 32.2. The molecule has 0 radical (unpaired) electrons. The van der Waals surface area contributed by atoms with E-state index in [1.807, 2.05) is 0 Å². The molecule has 9 nitrogen and oxygen atoms in total. The second-order valence-electron chi connectivity index (χ2n) is 5.54. The van der Waals surface area contributed by atoms with E-state index in [-0.39, 0.29) is 24.3 Å². The predicted molar refractivity (Wildman–Crippen MR) is 106 cm³/mol. The smallest absolute Gasteiger partial charge is 0.268 e. The third kappa shape index (κ3) is 11.3. The van der Waals surface area contributed by atoms with Crippen molar-refractivity contribution in [3.05, 3.63) is 30.3 Å². The minimum absolute atomic E-state index is 0.241. The summed E-state index contributed by atoms with van der Waals surface area (Å²) in [5, 5.41) is 0. The summed E-state index contributed by atoms with van der Waals surface area (Å²) in [4.78, 5) is 0.482. The Kier molecular flexibility index (Phi) is 11.6. The molecule has 1 aromatic carbocycles. The quantitative estimate of drug-likeness (QED) is 0.271. The van der Waals surface area contributed by atoms with E-state index in [4.69, 9.17) is 4.18 Å². The average molecular weight is 477 g/mol. The maximum atomic E-state index is 11.9. The fourth-order valence-corrected chi connectivity index (χ4v) is 5.83. The third-order valence-electron chi connectivity index (χ3n) is 3.39. The Labute approximate surface area is 171 Å². The van der Waals surface area contributed by atoms with E-state index >= 15 is 0 Å². The van der Waals surface area contributed by atoms with E-state index in [9.17, 15) is 25.3 Å². The number of hydrogen-bond acceptors (Lipinski definition) is 9. The third-order valence-corrected chi connectivity index (χ3v) is 8.03. The van der Waals surface area contributed by atoms with Gasteiger partial charge in [-0.15, -0.1) is 0 Å². The molecule has 1 rings (SSSR count). The molecule has 0 N–H and O–H groups in total. The fourth-order valence-electron chi connectivity index (χ4n) is 1.95. The van der Waals surface area contributed by atoms with Crippen LogP contribution in [-0.2, 0) is 54.7 Å². The maximum Gasteiger partial charge on any atom is 0.268 e. The highest BCUT2D eigenvalue weighted by molar-refractivity contribution is 7.89. The van der Waals surface area contributed by atoms with E-state index in [1.165, 1.54) is 7.11 Å². The molecular weight excluding hydrogens is 452 g/mol. The zero-order valence-electron chi connectivity index (χ0n) is 15.4. The van der Waals surface area contributed by atoms with Crippen LogP contribution in [0.5, 0.6) is 0 Å². The Morgan fingerprint density at radius 3 is 1.79 bits per heavy atom. The number of unbranched alkanes of at least 4 members (excludes halogenated alkanes) is 3. The van der Waals surface area contributed by atoms with Gasteiger partial charge in [0.15, 0.2) is 17.0 Å². The molecule has 0 saturated heterocycles. The number of hydrogen-bond donors (Lipinski definition) is 0. The molecule has 0 heterocycles. The lowest BCUT2D eigenvalue weighted by Gasteiger charge is -2.06. The van der Waals surface area contributed by atoms with Crippen molar-refractivity contribution in [1.29, 1.82) is 0 Å². The summed E-state index contributed by atoms with van der Waals surface area (Å²) < 4.78 is 83.4. The van der Waals surface area contributed by atoms with Crippen LogP contribution in [0, 0.1) is 0 Å². The molecule has 0 aliphatic heterocycles. The number of benzene rings is 1. The minimum Gasteiger partial charge on any atom is -0.292 e. The highest BCUT2D eigenvalue weighted by Crippen LogP contribution is 2.10. The van der Waals surface area contributed by atoms with Crippen molar-refractivity contribution < 1.29 is 37.8 Å². The lowest BCUT2D eigenvalue weighted by molar-refractivity contribution is 0.350. The SMILES string of the molecule is COS(=O)COS(=O)(=O)CCCCCCS(=O)(=O)OC[S@@](=O)c1ccccc1. The Morgan fingerprint density at radius 1 is 0.786 bits per heavy atom. The van der Waals surface area contributed by atoms with Crippen molar-refractivity contribution in [3.8, 4) is 0 Å². The molecule has 0 fully saturated rings. The van der Waals surface area contributed by atoms with Gasteiger partial charge in [-0.05, 0) is 25.0 Å². The van der Waals surface area contributed by atoms with E-state index in [0.717, 1.165) is 0 Å². The van der Waals surface area contributed by atoms with Crippen LogP contribution >= 0.6 is 0 Å². The van der Waals surface area contributed by atoms with E-state index in [2.05, 4.69) is 8.37 Å². The lowest BCUT2D eigenvalue weighted by atomic mass is 10.2. The zero-order valence-corrected chi connectivity index (χ0v) is 18.6. The summed E-state index contributed by atoms with van der Waals surface area (Å²) in [7, 11) is -8.00.